The molecule has 1 aromatic rings. The Labute approximate surface area is 81.3 Å². The standard InChI is InChI=1S/C9H11N3O2/c13-12(14)9-8(2-1-4-11-9)7-3-5-10-6-7/h1-2,4,7,10H,3,5-6H2. The highest BCUT2D eigenvalue weighted by Gasteiger charge is 2.25. The first kappa shape index (κ1) is 9.08. The molecule has 14 heavy (non-hydrogen) atoms. The molecule has 2 heterocycles. The Morgan fingerprint density at radius 1 is 1.64 bits per heavy atom. The first-order valence-corrected chi connectivity index (χ1v) is 4.59. The molecule has 1 fully saturated rings. The topological polar surface area (TPSA) is 68.1 Å². The maximum atomic E-state index is 10.7. The quantitative estimate of drug-likeness (QED) is 0.563. The monoisotopic (exact) mass is 193 g/mol. The molecule has 0 amide bonds. The molecule has 1 aliphatic heterocycles. The molecule has 1 atom stereocenters. The summed E-state index contributed by atoms with van der Waals surface area (Å²) in [4.78, 5) is 14.1. The summed E-state index contributed by atoms with van der Waals surface area (Å²) >= 11 is 0. The van der Waals surface area contributed by atoms with Gasteiger partial charge in [0.25, 0.3) is 0 Å². The Hall–Kier alpha value is -1.49. The van der Waals surface area contributed by atoms with E-state index < -0.39 is 4.92 Å². The van der Waals surface area contributed by atoms with Crippen molar-refractivity contribution < 1.29 is 4.92 Å². The van der Waals surface area contributed by atoms with Crippen LogP contribution in [0.2, 0.25) is 0 Å². The Kier molecular flexibility index (Phi) is 2.41. The molecular weight excluding hydrogens is 182 g/mol. The van der Waals surface area contributed by atoms with Crippen LogP contribution in [0.4, 0.5) is 5.82 Å². The molecule has 74 valence electrons. The predicted molar refractivity (Wildman–Crippen MR) is 51.1 cm³/mol. The SMILES string of the molecule is O=[N+]([O-])c1ncccc1C1CCNC1. The van der Waals surface area contributed by atoms with Gasteiger partial charge in [0.2, 0.25) is 0 Å². The molecule has 1 aromatic heterocycles. The largest absolute Gasteiger partial charge is 0.366 e. The summed E-state index contributed by atoms with van der Waals surface area (Å²) in [6.45, 7) is 1.74. The van der Waals surface area contributed by atoms with Gasteiger partial charge in [0, 0.05) is 12.5 Å². The third kappa shape index (κ3) is 1.58. The Balaban J connectivity index is 2.35. The number of rotatable bonds is 2. The first-order valence-electron chi connectivity index (χ1n) is 4.59. The van der Waals surface area contributed by atoms with E-state index in [1.807, 2.05) is 0 Å². The average Bonchev–Trinajstić information content (AvgIpc) is 2.70. The summed E-state index contributed by atoms with van der Waals surface area (Å²) in [7, 11) is 0. The number of hydrogen-bond donors (Lipinski definition) is 1. The van der Waals surface area contributed by atoms with Crippen molar-refractivity contribution in [1.29, 1.82) is 0 Å². The van der Waals surface area contributed by atoms with E-state index in [0.717, 1.165) is 25.1 Å². The van der Waals surface area contributed by atoms with Gasteiger partial charge in [-0.2, -0.15) is 0 Å². The Morgan fingerprint density at radius 3 is 3.14 bits per heavy atom. The lowest BCUT2D eigenvalue weighted by molar-refractivity contribution is -0.390. The van der Waals surface area contributed by atoms with Gasteiger partial charge in [-0.15, -0.1) is 0 Å². The zero-order valence-electron chi connectivity index (χ0n) is 7.64. The fraction of sp³-hybridized carbons (Fsp3) is 0.444. The molecule has 5 heteroatoms. The molecule has 1 aliphatic rings. The van der Waals surface area contributed by atoms with Crippen molar-refractivity contribution in [2.45, 2.75) is 12.3 Å². The van der Waals surface area contributed by atoms with Gasteiger partial charge in [0.05, 0.1) is 5.56 Å². The van der Waals surface area contributed by atoms with Crippen LogP contribution in [0.1, 0.15) is 17.9 Å². The summed E-state index contributed by atoms with van der Waals surface area (Å²) in [5.41, 5.74) is 0.752. The lowest BCUT2D eigenvalue weighted by Crippen LogP contribution is -2.09. The molecular formula is C9H11N3O2. The van der Waals surface area contributed by atoms with Crippen LogP contribution in [0.25, 0.3) is 0 Å². The van der Waals surface area contributed by atoms with Crippen LogP contribution in [0.15, 0.2) is 18.3 Å². The second-order valence-electron chi connectivity index (χ2n) is 3.36. The van der Waals surface area contributed by atoms with Gasteiger partial charge in [-0.25, -0.2) is 0 Å². The van der Waals surface area contributed by atoms with E-state index >= 15 is 0 Å². The number of nitrogens with zero attached hydrogens (tertiary/aromatic N) is 2. The highest BCUT2D eigenvalue weighted by molar-refractivity contribution is 5.35. The van der Waals surface area contributed by atoms with Crippen molar-refractivity contribution >= 4 is 5.82 Å². The number of pyridine rings is 1. The van der Waals surface area contributed by atoms with Crippen LogP contribution in [0.3, 0.4) is 0 Å². The van der Waals surface area contributed by atoms with Gasteiger partial charge in [0.1, 0.15) is 6.20 Å². The van der Waals surface area contributed by atoms with E-state index in [0.29, 0.717) is 0 Å². The molecule has 5 nitrogen and oxygen atoms in total. The lowest BCUT2D eigenvalue weighted by Gasteiger charge is -2.07. The van der Waals surface area contributed by atoms with Crippen molar-refractivity contribution in [3.8, 4) is 0 Å². The van der Waals surface area contributed by atoms with E-state index in [2.05, 4.69) is 10.3 Å². The first-order chi connectivity index (χ1) is 6.79. The van der Waals surface area contributed by atoms with Crippen molar-refractivity contribution in [3.63, 3.8) is 0 Å². The third-order valence-electron chi connectivity index (χ3n) is 2.49. The molecule has 2 rings (SSSR count). The molecule has 0 bridgehead atoms. The van der Waals surface area contributed by atoms with Crippen molar-refractivity contribution in [2.24, 2.45) is 0 Å². The number of hydrogen-bond acceptors (Lipinski definition) is 4. The zero-order valence-corrected chi connectivity index (χ0v) is 7.64. The smallest absolute Gasteiger partial charge is 0.358 e. The van der Waals surface area contributed by atoms with E-state index in [4.69, 9.17) is 0 Å². The summed E-state index contributed by atoms with van der Waals surface area (Å²) < 4.78 is 0. The van der Waals surface area contributed by atoms with Crippen LogP contribution in [0, 0.1) is 10.1 Å². The third-order valence-corrected chi connectivity index (χ3v) is 2.49. The molecule has 0 radical (unpaired) electrons. The molecule has 0 spiro atoms. The van der Waals surface area contributed by atoms with E-state index in [1.54, 1.807) is 12.1 Å². The highest BCUT2D eigenvalue weighted by atomic mass is 16.6. The van der Waals surface area contributed by atoms with E-state index in [9.17, 15) is 10.1 Å². The number of aromatic nitrogens is 1. The minimum atomic E-state index is -0.409. The van der Waals surface area contributed by atoms with Crippen molar-refractivity contribution in [1.82, 2.24) is 10.3 Å². The molecule has 1 N–H and O–H groups in total. The lowest BCUT2D eigenvalue weighted by atomic mass is 9.99. The zero-order chi connectivity index (χ0) is 9.97. The van der Waals surface area contributed by atoms with Crippen LogP contribution in [0.5, 0.6) is 0 Å². The van der Waals surface area contributed by atoms with Crippen LogP contribution in [-0.2, 0) is 0 Å². The minimum Gasteiger partial charge on any atom is -0.358 e. The van der Waals surface area contributed by atoms with Gasteiger partial charge in [-0.05, 0) is 35.0 Å². The normalized spacial score (nSPS) is 21.0. The van der Waals surface area contributed by atoms with Crippen LogP contribution in [-0.4, -0.2) is 23.0 Å². The predicted octanol–water partition coefficient (Wildman–Crippen LogP) is 1.07. The molecule has 0 saturated carbocycles. The van der Waals surface area contributed by atoms with Crippen LogP contribution < -0.4 is 5.32 Å². The second kappa shape index (κ2) is 3.71. The number of nitro groups is 1. The van der Waals surface area contributed by atoms with Crippen molar-refractivity contribution in [3.05, 3.63) is 34.0 Å². The summed E-state index contributed by atoms with van der Waals surface area (Å²) in [6.07, 6.45) is 2.41. The molecule has 0 aliphatic carbocycles. The number of nitrogens with one attached hydrogen (secondary N) is 1. The maximum Gasteiger partial charge on any atom is 0.366 e. The van der Waals surface area contributed by atoms with Gasteiger partial charge < -0.3 is 15.4 Å². The van der Waals surface area contributed by atoms with Crippen LogP contribution >= 0.6 is 0 Å². The average molecular weight is 193 g/mol. The highest BCUT2D eigenvalue weighted by Crippen LogP contribution is 2.28. The van der Waals surface area contributed by atoms with Gasteiger partial charge >= 0.3 is 5.82 Å². The molecule has 1 unspecified atom stereocenters. The Bertz CT molecular complexity index is 348. The molecule has 1 saturated heterocycles. The van der Waals surface area contributed by atoms with Gasteiger partial charge in [0.15, 0.2) is 0 Å². The fourth-order valence-corrected chi connectivity index (χ4v) is 1.80. The van der Waals surface area contributed by atoms with Gasteiger partial charge in [-0.1, -0.05) is 0 Å². The van der Waals surface area contributed by atoms with Crippen molar-refractivity contribution in [2.75, 3.05) is 13.1 Å². The maximum absolute atomic E-state index is 10.7. The van der Waals surface area contributed by atoms with E-state index in [-0.39, 0.29) is 11.7 Å². The summed E-state index contributed by atoms with van der Waals surface area (Å²) in [5, 5.41) is 13.9. The fourth-order valence-electron chi connectivity index (χ4n) is 1.80. The second-order valence-corrected chi connectivity index (χ2v) is 3.36. The summed E-state index contributed by atoms with van der Waals surface area (Å²) in [5.74, 6) is 0.241. The Morgan fingerprint density at radius 2 is 2.50 bits per heavy atom. The van der Waals surface area contributed by atoms with Gasteiger partial charge in [-0.3, -0.25) is 0 Å². The summed E-state index contributed by atoms with van der Waals surface area (Å²) in [6, 6.07) is 3.55. The molecule has 0 aromatic carbocycles. The minimum absolute atomic E-state index is 0.00111. The van der Waals surface area contributed by atoms with E-state index in [1.165, 1.54) is 6.20 Å².